The molecule has 0 saturated carbocycles. The lowest BCUT2D eigenvalue weighted by Gasteiger charge is -2.15. The van der Waals surface area contributed by atoms with Gasteiger partial charge >= 0.3 is 0 Å². The van der Waals surface area contributed by atoms with Crippen molar-refractivity contribution < 1.29 is 13.2 Å². The van der Waals surface area contributed by atoms with E-state index in [1.165, 1.54) is 6.07 Å². The number of ether oxygens (including phenoxy) is 1. The summed E-state index contributed by atoms with van der Waals surface area (Å²) >= 11 is 6.13. The van der Waals surface area contributed by atoms with Crippen LogP contribution in [0.3, 0.4) is 0 Å². The Labute approximate surface area is 187 Å². The van der Waals surface area contributed by atoms with Crippen molar-refractivity contribution in [2.75, 3.05) is 24.2 Å². The summed E-state index contributed by atoms with van der Waals surface area (Å²) in [5.41, 5.74) is 3.67. The fourth-order valence-corrected chi connectivity index (χ4v) is 4.53. The minimum absolute atomic E-state index is 0.172. The van der Waals surface area contributed by atoms with Gasteiger partial charge in [0.05, 0.1) is 35.1 Å². The summed E-state index contributed by atoms with van der Waals surface area (Å²) in [7, 11) is -0.516. The Morgan fingerprint density at radius 1 is 1.03 bits per heavy atom. The zero-order chi connectivity index (χ0) is 22.6. The van der Waals surface area contributed by atoms with Crippen LogP contribution in [0.4, 0.5) is 11.4 Å². The maximum atomic E-state index is 13.1. The van der Waals surface area contributed by atoms with Crippen LogP contribution in [0.15, 0.2) is 53.7 Å². The molecule has 0 amide bonds. The first-order valence-electron chi connectivity index (χ1n) is 9.36. The molecule has 0 bridgehead atoms. The summed E-state index contributed by atoms with van der Waals surface area (Å²) in [6, 6.07) is 9.84. The molecule has 0 fully saturated rings. The van der Waals surface area contributed by atoms with Crippen molar-refractivity contribution >= 4 is 33.0 Å². The van der Waals surface area contributed by atoms with Crippen LogP contribution in [0.2, 0.25) is 5.02 Å². The van der Waals surface area contributed by atoms with Crippen LogP contribution in [0.25, 0.3) is 0 Å². The number of pyridine rings is 1. The van der Waals surface area contributed by atoms with Crippen LogP contribution in [-0.2, 0) is 10.0 Å². The van der Waals surface area contributed by atoms with Crippen LogP contribution in [0.1, 0.15) is 22.3 Å². The molecule has 31 heavy (non-hydrogen) atoms. The highest BCUT2D eigenvalue weighted by atomic mass is 35.5. The molecule has 1 heterocycles. The van der Waals surface area contributed by atoms with Crippen molar-refractivity contribution in [3.63, 3.8) is 0 Å². The number of aromatic nitrogens is 1. The Balaban J connectivity index is 2.00. The van der Waals surface area contributed by atoms with Crippen molar-refractivity contribution in [1.29, 1.82) is 0 Å². The Bertz CT molecular complexity index is 1300. The number of anilines is 2. The van der Waals surface area contributed by atoms with Crippen molar-refractivity contribution in [3.05, 3.63) is 76.1 Å². The van der Waals surface area contributed by atoms with Gasteiger partial charge in [0.25, 0.3) is 10.0 Å². The molecular weight excluding hydrogens is 434 g/mol. The van der Waals surface area contributed by atoms with E-state index in [9.17, 15) is 8.42 Å². The van der Waals surface area contributed by atoms with Gasteiger partial charge in [-0.2, -0.15) is 0 Å². The smallest absolute Gasteiger partial charge is 0.262 e. The standard InChI is InChI=1S/C23H22ClN3O3S/c1-15-16(2)23(10-9-22(15)30-4)31(28,29)27-21-8-7-19(24)12-18(21)6-5-17-11-20(25-3)14-26-13-17/h7-14,25,27H,1-4H3. The van der Waals surface area contributed by atoms with Crippen LogP contribution in [0, 0.1) is 25.7 Å². The van der Waals surface area contributed by atoms with Crippen LogP contribution in [-0.4, -0.2) is 27.6 Å². The van der Waals surface area contributed by atoms with E-state index in [0.717, 1.165) is 11.3 Å². The van der Waals surface area contributed by atoms with Gasteiger partial charge in [-0.3, -0.25) is 9.71 Å². The maximum absolute atomic E-state index is 13.1. The molecule has 0 aliphatic carbocycles. The summed E-state index contributed by atoms with van der Waals surface area (Å²) in [5, 5.41) is 3.45. The average molecular weight is 456 g/mol. The second-order valence-electron chi connectivity index (χ2n) is 6.77. The highest BCUT2D eigenvalue weighted by molar-refractivity contribution is 7.92. The third-order valence-corrected chi connectivity index (χ3v) is 6.54. The van der Waals surface area contributed by atoms with Gasteiger partial charge < -0.3 is 10.1 Å². The number of sulfonamides is 1. The molecule has 3 aromatic rings. The van der Waals surface area contributed by atoms with Gasteiger partial charge in [-0.1, -0.05) is 23.4 Å². The van der Waals surface area contributed by atoms with Gasteiger partial charge in [0, 0.05) is 23.8 Å². The summed E-state index contributed by atoms with van der Waals surface area (Å²) in [6.45, 7) is 3.57. The van der Waals surface area contributed by atoms with Gasteiger partial charge in [0.2, 0.25) is 0 Å². The molecule has 2 aromatic carbocycles. The predicted octanol–water partition coefficient (Wildman–Crippen LogP) is 4.60. The summed E-state index contributed by atoms with van der Waals surface area (Å²) in [6.07, 6.45) is 3.31. The van der Waals surface area contributed by atoms with Crippen LogP contribution >= 0.6 is 11.6 Å². The predicted molar refractivity (Wildman–Crippen MR) is 124 cm³/mol. The minimum atomic E-state index is -3.86. The Kier molecular flexibility index (Phi) is 6.74. The van der Waals surface area contributed by atoms with Gasteiger partial charge in [-0.05, 0) is 61.4 Å². The Morgan fingerprint density at radius 3 is 2.52 bits per heavy atom. The van der Waals surface area contributed by atoms with E-state index in [4.69, 9.17) is 16.3 Å². The zero-order valence-corrected chi connectivity index (χ0v) is 19.1. The first-order valence-corrected chi connectivity index (χ1v) is 11.2. The van der Waals surface area contributed by atoms with Crippen LogP contribution in [0.5, 0.6) is 5.75 Å². The lowest BCUT2D eigenvalue weighted by atomic mass is 10.1. The largest absolute Gasteiger partial charge is 0.496 e. The Morgan fingerprint density at radius 2 is 1.81 bits per heavy atom. The molecule has 6 nitrogen and oxygen atoms in total. The third-order valence-electron chi connectivity index (χ3n) is 4.79. The Hall–Kier alpha value is -3.21. The fraction of sp³-hybridized carbons (Fsp3) is 0.174. The molecule has 3 rings (SSSR count). The van der Waals surface area contributed by atoms with E-state index in [1.54, 1.807) is 57.7 Å². The molecule has 0 unspecified atom stereocenters. The zero-order valence-electron chi connectivity index (χ0n) is 17.6. The minimum Gasteiger partial charge on any atom is -0.496 e. The fourth-order valence-electron chi connectivity index (χ4n) is 2.98. The molecule has 8 heteroatoms. The second kappa shape index (κ2) is 9.29. The van der Waals surface area contributed by atoms with Gasteiger partial charge in [-0.25, -0.2) is 8.42 Å². The number of rotatable bonds is 5. The molecule has 0 saturated heterocycles. The molecule has 0 atom stereocenters. The van der Waals surface area contributed by atoms with Crippen molar-refractivity contribution in [3.8, 4) is 17.6 Å². The van der Waals surface area contributed by atoms with E-state index >= 15 is 0 Å². The number of benzene rings is 2. The SMILES string of the molecule is CNc1cncc(C#Cc2cc(Cl)ccc2NS(=O)(=O)c2ccc(OC)c(C)c2C)c1. The number of hydrogen-bond acceptors (Lipinski definition) is 5. The van der Waals surface area contributed by atoms with Crippen molar-refractivity contribution in [2.24, 2.45) is 0 Å². The lowest BCUT2D eigenvalue weighted by molar-refractivity contribution is 0.411. The molecule has 0 aliphatic heterocycles. The number of nitrogens with one attached hydrogen (secondary N) is 2. The summed E-state index contributed by atoms with van der Waals surface area (Å²) < 4.78 is 34.1. The van der Waals surface area contributed by atoms with Gasteiger partial charge in [-0.15, -0.1) is 0 Å². The van der Waals surface area contributed by atoms with E-state index < -0.39 is 10.0 Å². The summed E-state index contributed by atoms with van der Waals surface area (Å²) in [5.74, 6) is 6.62. The molecule has 0 aliphatic rings. The van der Waals surface area contributed by atoms with E-state index in [2.05, 4.69) is 26.9 Å². The highest BCUT2D eigenvalue weighted by Crippen LogP contribution is 2.29. The van der Waals surface area contributed by atoms with Gasteiger partial charge in [0.15, 0.2) is 0 Å². The highest BCUT2D eigenvalue weighted by Gasteiger charge is 2.20. The van der Waals surface area contributed by atoms with E-state index in [0.29, 0.717) is 33.1 Å². The molecule has 0 spiro atoms. The van der Waals surface area contributed by atoms with E-state index in [1.807, 2.05) is 13.0 Å². The van der Waals surface area contributed by atoms with Gasteiger partial charge in [0.1, 0.15) is 5.75 Å². The van der Waals surface area contributed by atoms with Crippen LogP contribution < -0.4 is 14.8 Å². The summed E-state index contributed by atoms with van der Waals surface area (Å²) in [4.78, 5) is 4.30. The lowest BCUT2D eigenvalue weighted by Crippen LogP contribution is -2.15. The molecule has 2 N–H and O–H groups in total. The monoisotopic (exact) mass is 455 g/mol. The third kappa shape index (κ3) is 5.10. The first-order chi connectivity index (χ1) is 14.7. The molecule has 160 valence electrons. The van der Waals surface area contributed by atoms with Crippen molar-refractivity contribution in [1.82, 2.24) is 4.98 Å². The number of hydrogen-bond donors (Lipinski definition) is 2. The first kappa shape index (κ1) is 22.5. The number of methoxy groups -OCH3 is 1. The van der Waals surface area contributed by atoms with E-state index in [-0.39, 0.29) is 4.90 Å². The number of halogens is 1. The average Bonchev–Trinajstić information content (AvgIpc) is 2.75. The molecule has 0 radical (unpaired) electrons. The van der Waals surface area contributed by atoms with Crippen molar-refractivity contribution in [2.45, 2.75) is 18.7 Å². The second-order valence-corrected chi connectivity index (χ2v) is 8.86. The quantitative estimate of drug-likeness (QED) is 0.549. The number of nitrogens with zero attached hydrogens (tertiary/aromatic N) is 1. The molecular formula is C23H22ClN3O3S. The normalized spacial score (nSPS) is 10.7. The maximum Gasteiger partial charge on any atom is 0.262 e. The molecule has 1 aromatic heterocycles. The topological polar surface area (TPSA) is 80.3 Å².